The average molecular weight is 312 g/mol. The zero-order chi connectivity index (χ0) is 13.4. The van der Waals surface area contributed by atoms with Gasteiger partial charge >= 0.3 is 0 Å². The van der Waals surface area contributed by atoms with Gasteiger partial charge in [-0.1, -0.05) is 59.6 Å². The van der Waals surface area contributed by atoms with Crippen LogP contribution in [0, 0.1) is 5.92 Å². The van der Waals surface area contributed by atoms with Crippen LogP contribution in [0.4, 0.5) is 0 Å². The van der Waals surface area contributed by atoms with Crippen LogP contribution >= 0.6 is 34.8 Å². The molecule has 3 unspecified atom stereocenters. The van der Waals surface area contributed by atoms with Crippen molar-refractivity contribution in [1.29, 1.82) is 0 Å². The third-order valence-corrected chi connectivity index (χ3v) is 5.02. The van der Waals surface area contributed by atoms with E-state index in [-0.39, 0.29) is 5.38 Å². The number of hydrogen-bond donors (Lipinski definition) is 0. The van der Waals surface area contributed by atoms with Gasteiger partial charge in [-0.05, 0) is 41.5 Å². The maximum atomic E-state index is 6.57. The zero-order valence-electron chi connectivity index (χ0n) is 10.2. The van der Waals surface area contributed by atoms with E-state index >= 15 is 0 Å². The summed E-state index contributed by atoms with van der Waals surface area (Å²) in [5.41, 5.74) is 2.43. The molecule has 0 bridgehead atoms. The first kappa shape index (κ1) is 13.3. The number of alkyl halides is 1. The van der Waals surface area contributed by atoms with Crippen LogP contribution in [0.1, 0.15) is 28.8 Å². The lowest BCUT2D eigenvalue weighted by Gasteiger charge is -2.10. The van der Waals surface area contributed by atoms with Crippen molar-refractivity contribution in [3.05, 3.63) is 69.7 Å². The van der Waals surface area contributed by atoms with Gasteiger partial charge < -0.3 is 0 Å². The van der Waals surface area contributed by atoms with Crippen molar-refractivity contribution >= 4 is 34.8 Å². The van der Waals surface area contributed by atoms with Crippen LogP contribution in [0.2, 0.25) is 10.0 Å². The lowest BCUT2D eigenvalue weighted by atomic mass is 10.0. The number of halogens is 3. The average Bonchev–Trinajstić information content (AvgIpc) is 3.22. The fourth-order valence-corrected chi connectivity index (χ4v) is 3.27. The largest absolute Gasteiger partial charge is 0.117 e. The van der Waals surface area contributed by atoms with Crippen molar-refractivity contribution in [2.75, 3.05) is 0 Å². The Kier molecular flexibility index (Phi) is 3.75. The van der Waals surface area contributed by atoms with Crippen molar-refractivity contribution in [2.24, 2.45) is 5.92 Å². The molecule has 3 atom stereocenters. The standard InChI is InChI=1S/C16H13Cl3/c17-14-7-6-11(8-15(14)18)16(19)13-9-12(13)10-4-2-1-3-5-10/h1-8,12-13,16H,9H2. The molecular formula is C16H13Cl3. The molecule has 0 aliphatic heterocycles. The van der Waals surface area contributed by atoms with E-state index in [1.807, 2.05) is 24.3 Å². The summed E-state index contributed by atoms with van der Waals surface area (Å²) < 4.78 is 0. The van der Waals surface area contributed by atoms with Crippen molar-refractivity contribution < 1.29 is 0 Å². The van der Waals surface area contributed by atoms with Gasteiger partial charge in [-0.3, -0.25) is 0 Å². The van der Waals surface area contributed by atoms with E-state index < -0.39 is 0 Å². The molecule has 0 heterocycles. The van der Waals surface area contributed by atoms with Gasteiger partial charge in [0.05, 0.1) is 15.4 Å². The van der Waals surface area contributed by atoms with Gasteiger partial charge in [0, 0.05) is 0 Å². The molecule has 2 aromatic carbocycles. The Balaban J connectivity index is 1.76. The number of benzene rings is 2. The van der Waals surface area contributed by atoms with Gasteiger partial charge in [-0.15, -0.1) is 11.6 Å². The second kappa shape index (κ2) is 5.36. The first-order valence-corrected chi connectivity index (χ1v) is 7.50. The van der Waals surface area contributed by atoms with E-state index in [4.69, 9.17) is 34.8 Å². The van der Waals surface area contributed by atoms with Gasteiger partial charge in [-0.2, -0.15) is 0 Å². The van der Waals surface area contributed by atoms with Gasteiger partial charge in [0.25, 0.3) is 0 Å². The molecule has 1 fully saturated rings. The van der Waals surface area contributed by atoms with E-state index in [2.05, 4.69) is 24.3 Å². The first-order chi connectivity index (χ1) is 9.16. The second-order valence-electron chi connectivity index (χ2n) is 4.99. The second-order valence-corrected chi connectivity index (χ2v) is 6.28. The quantitative estimate of drug-likeness (QED) is 0.603. The topological polar surface area (TPSA) is 0 Å². The fraction of sp³-hybridized carbons (Fsp3) is 0.250. The molecule has 98 valence electrons. The normalized spacial score (nSPS) is 23.1. The molecule has 0 radical (unpaired) electrons. The summed E-state index contributed by atoms with van der Waals surface area (Å²) in [5, 5.41) is 1.14. The molecule has 1 aliphatic rings. The van der Waals surface area contributed by atoms with Crippen molar-refractivity contribution in [3.63, 3.8) is 0 Å². The summed E-state index contributed by atoms with van der Waals surface area (Å²) in [4.78, 5) is 0. The Bertz CT molecular complexity index is 580. The van der Waals surface area contributed by atoms with Crippen molar-refractivity contribution in [2.45, 2.75) is 17.7 Å². The van der Waals surface area contributed by atoms with Crippen LogP contribution < -0.4 is 0 Å². The lowest BCUT2D eigenvalue weighted by Crippen LogP contribution is -1.95. The SMILES string of the molecule is Clc1ccc(C(Cl)C2CC2c2ccccc2)cc1Cl. The van der Waals surface area contributed by atoms with Gasteiger partial charge in [0.2, 0.25) is 0 Å². The Morgan fingerprint density at radius 1 is 0.947 bits per heavy atom. The maximum Gasteiger partial charge on any atom is 0.0620 e. The minimum absolute atomic E-state index is 0.0000252. The number of hydrogen-bond acceptors (Lipinski definition) is 0. The molecule has 2 aromatic rings. The summed E-state index contributed by atoms with van der Waals surface area (Å²) in [6.07, 6.45) is 1.14. The predicted octanol–water partition coefficient (Wildman–Crippen LogP) is 6.08. The van der Waals surface area contributed by atoms with Crippen LogP contribution in [-0.4, -0.2) is 0 Å². The molecule has 0 aromatic heterocycles. The maximum absolute atomic E-state index is 6.57. The third kappa shape index (κ3) is 2.76. The Morgan fingerprint density at radius 2 is 1.68 bits per heavy atom. The Labute approximate surface area is 128 Å². The van der Waals surface area contributed by atoms with Crippen molar-refractivity contribution in [3.8, 4) is 0 Å². The van der Waals surface area contributed by atoms with E-state index in [9.17, 15) is 0 Å². The minimum Gasteiger partial charge on any atom is -0.117 e. The summed E-state index contributed by atoms with van der Waals surface area (Å²) in [5.74, 6) is 1.06. The molecule has 3 heteroatoms. The fourth-order valence-electron chi connectivity index (χ4n) is 2.55. The smallest absolute Gasteiger partial charge is 0.0620 e. The molecule has 1 saturated carbocycles. The molecule has 0 nitrogen and oxygen atoms in total. The Morgan fingerprint density at radius 3 is 2.37 bits per heavy atom. The first-order valence-electron chi connectivity index (χ1n) is 6.31. The van der Waals surface area contributed by atoms with Gasteiger partial charge in [0.15, 0.2) is 0 Å². The summed E-state index contributed by atoms with van der Waals surface area (Å²) in [6, 6.07) is 16.2. The lowest BCUT2D eigenvalue weighted by molar-refractivity contribution is 0.764. The predicted molar refractivity (Wildman–Crippen MR) is 82.3 cm³/mol. The van der Waals surface area contributed by atoms with Crippen LogP contribution in [-0.2, 0) is 0 Å². The van der Waals surface area contributed by atoms with E-state index in [1.165, 1.54) is 5.56 Å². The van der Waals surface area contributed by atoms with Crippen LogP contribution in [0.3, 0.4) is 0 Å². The highest BCUT2D eigenvalue weighted by Gasteiger charge is 2.43. The molecule has 0 amide bonds. The molecule has 0 spiro atoms. The third-order valence-electron chi connectivity index (χ3n) is 3.71. The molecule has 1 aliphatic carbocycles. The summed E-state index contributed by atoms with van der Waals surface area (Å²) in [6.45, 7) is 0. The minimum atomic E-state index is -0.0000252. The molecule has 0 saturated heterocycles. The summed E-state index contributed by atoms with van der Waals surface area (Å²) in [7, 11) is 0. The van der Waals surface area contributed by atoms with Gasteiger partial charge in [-0.25, -0.2) is 0 Å². The molecule has 0 N–H and O–H groups in total. The van der Waals surface area contributed by atoms with E-state index in [0.717, 1.165) is 12.0 Å². The van der Waals surface area contributed by atoms with Crippen LogP contribution in [0.15, 0.2) is 48.5 Å². The highest BCUT2D eigenvalue weighted by molar-refractivity contribution is 6.42. The highest BCUT2D eigenvalue weighted by atomic mass is 35.5. The van der Waals surface area contributed by atoms with Crippen LogP contribution in [0.5, 0.6) is 0 Å². The van der Waals surface area contributed by atoms with Crippen LogP contribution in [0.25, 0.3) is 0 Å². The molecule has 19 heavy (non-hydrogen) atoms. The van der Waals surface area contributed by atoms with E-state index in [1.54, 1.807) is 0 Å². The van der Waals surface area contributed by atoms with Gasteiger partial charge in [0.1, 0.15) is 0 Å². The zero-order valence-corrected chi connectivity index (χ0v) is 12.5. The summed E-state index contributed by atoms with van der Waals surface area (Å²) >= 11 is 18.5. The van der Waals surface area contributed by atoms with Crippen molar-refractivity contribution in [1.82, 2.24) is 0 Å². The molecule has 3 rings (SSSR count). The monoisotopic (exact) mass is 310 g/mol. The number of rotatable bonds is 3. The van der Waals surface area contributed by atoms with E-state index in [0.29, 0.717) is 21.9 Å². The Hall–Kier alpha value is -0.690. The highest BCUT2D eigenvalue weighted by Crippen LogP contribution is 2.56. The molecular weight excluding hydrogens is 299 g/mol.